The van der Waals surface area contributed by atoms with Gasteiger partial charge in [0.15, 0.2) is 0 Å². The minimum Gasteiger partial charge on any atom is -0.397 e. The molecule has 0 aliphatic heterocycles. The van der Waals surface area contributed by atoms with E-state index in [1.54, 1.807) is 11.8 Å². The summed E-state index contributed by atoms with van der Waals surface area (Å²) < 4.78 is 1.06. The monoisotopic (exact) mass is 294 g/mol. The molecular weight excluding hydrogens is 276 g/mol. The number of benzene rings is 1. The lowest BCUT2D eigenvalue weighted by atomic mass is 10.2. The number of thiophene rings is 1. The second kappa shape index (κ2) is 6.30. The van der Waals surface area contributed by atoms with Crippen molar-refractivity contribution in [2.45, 2.75) is 19.4 Å². The van der Waals surface area contributed by atoms with Crippen molar-refractivity contribution < 1.29 is 4.79 Å². The first-order chi connectivity index (χ1) is 9.13. The number of hydrogen-bond donors (Lipinski definition) is 2. The summed E-state index contributed by atoms with van der Waals surface area (Å²) in [4.78, 5) is 12.8. The van der Waals surface area contributed by atoms with E-state index in [-0.39, 0.29) is 11.9 Å². The normalized spacial score (nSPS) is 12.5. The number of anilines is 1. The molecular formula is C14H18N2OS2. The molecule has 0 fully saturated rings. The minimum atomic E-state index is -0.0627. The predicted molar refractivity (Wildman–Crippen MR) is 86.2 cm³/mol. The van der Waals surface area contributed by atoms with Crippen LogP contribution in [0.25, 0.3) is 10.1 Å². The van der Waals surface area contributed by atoms with Crippen LogP contribution in [0.4, 0.5) is 5.69 Å². The Kier molecular flexibility index (Phi) is 4.71. The molecule has 5 heteroatoms. The van der Waals surface area contributed by atoms with Gasteiger partial charge in [-0.2, -0.15) is 11.8 Å². The van der Waals surface area contributed by atoms with E-state index in [4.69, 9.17) is 5.73 Å². The van der Waals surface area contributed by atoms with Crippen molar-refractivity contribution in [2.24, 2.45) is 0 Å². The summed E-state index contributed by atoms with van der Waals surface area (Å²) in [6.07, 6.45) is 3.04. The second-order valence-corrected chi connectivity index (χ2v) is 6.53. The van der Waals surface area contributed by atoms with Crippen molar-refractivity contribution in [1.82, 2.24) is 5.32 Å². The molecule has 0 bridgehead atoms. The van der Waals surface area contributed by atoms with Crippen LogP contribution >= 0.6 is 23.1 Å². The number of nitrogens with one attached hydrogen (secondary N) is 1. The van der Waals surface area contributed by atoms with Gasteiger partial charge >= 0.3 is 0 Å². The number of amides is 1. The molecule has 0 spiro atoms. The summed E-state index contributed by atoms with van der Waals surface area (Å²) >= 11 is 3.24. The van der Waals surface area contributed by atoms with Crippen molar-refractivity contribution >= 4 is 44.8 Å². The van der Waals surface area contributed by atoms with Crippen molar-refractivity contribution in [3.63, 3.8) is 0 Å². The minimum absolute atomic E-state index is 0.0627. The van der Waals surface area contributed by atoms with Gasteiger partial charge in [0.1, 0.15) is 4.88 Å². The maximum atomic E-state index is 12.2. The van der Waals surface area contributed by atoms with Gasteiger partial charge in [-0.3, -0.25) is 4.79 Å². The number of thioether (sulfide) groups is 1. The summed E-state index contributed by atoms with van der Waals surface area (Å²) in [7, 11) is 0. The highest BCUT2D eigenvalue weighted by Gasteiger charge is 2.17. The van der Waals surface area contributed by atoms with Gasteiger partial charge in [0, 0.05) is 16.1 Å². The molecule has 2 rings (SSSR count). The molecule has 102 valence electrons. The fourth-order valence-electron chi connectivity index (χ4n) is 1.89. The Labute approximate surface area is 121 Å². The van der Waals surface area contributed by atoms with Gasteiger partial charge in [0.25, 0.3) is 5.91 Å². The van der Waals surface area contributed by atoms with Crippen LogP contribution in [0.15, 0.2) is 24.3 Å². The lowest BCUT2D eigenvalue weighted by molar-refractivity contribution is 0.0944. The fraction of sp³-hybridized carbons (Fsp3) is 0.357. The number of rotatable bonds is 5. The van der Waals surface area contributed by atoms with Crippen molar-refractivity contribution in [1.29, 1.82) is 0 Å². The average molecular weight is 294 g/mol. The van der Waals surface area contributed by atoms with Crippen molar-refractivity contribution in [2.75, 3.05) is 17.7 Å². The third-order valence-corrected chi connectivity index (χ3v) is 4.80. The first-order valence-electron chi connectivity index (χ1n) is 6.20. The highest BCUT2D eigenvalue weighted by atomic mass is 32.2. The number of carbonyl (C=O) groups is 1. The molecule has 0 saturated carbocycles. The van der Waals surface area contributed by atoms with Crippen LogP contribution in [0.5, 0.6) is 0 Å². The van der Waals surface area contributed by atoms with E-state index in [1.165, 1.54) is 11.3 Å². The smallest absolute Gasteiger partial charge is 0.263 e. The molecule has 0 radical (unpaired) electrons. The molecule has 1 amide bonds. The van der Waals surface area contributed by atoms with E-state index in [2.05, 4.69) is 11.6 Å². The molecule has 1 aromatic carbocycles. The molecule has 1 aromatic heterocycles. The standard InChI is InChI=1S/C14H18N2OS2/c1-9(7-8-18-2)16-14(17)13-12(15)10-5-3-4-6-11(10)19-13/h3-6,9H,7-8,15H2,1-2H3,(H,16,17). The van der Waals surface area contributed by atoms with E-state index in [0.717, 1.165) is 22.3 Å². The molecule has 2 aromatic rings. The predicted octanol–water partition coefficient (Wildman–Crippen LogP) is 3.35. The molecule has 1 heterocycles. The van der Waals surface area contributed by atoms with E-state index in [0.29, 0.717) is 10.6 Å². The molecule has 0 aliphatic carbocycles. The first-order valence-corrected chi connectivity index (χ1v) is 8.41. The summed E-state index contributed by atoms with van der Waals surface area (Å²) in [6, 6.07) is 8.01. The zero-order valence-electron chi connectivity index (χ0n) is 11.1. The van der Waals surface area contributed by atoms with E-state index in [1.807, 2.05) is 31.2 Å². The van der Waals surface area contributed by atoms with E-state index < -0.39 is 0 Å². The zero-order valence-corrected chi connectivity index (χ0v) is 12.7. The van der Waals surface area contributed by atoms with Crippen molar-refractivity contribution in [3.05, 3.63) is 29.1 Å². The Morgan fingerprint density at radius 2 is 2.21 bits per heavy atom. The van der Waals surface area contributed by atoms with Gasteiger partial charge in [-0.05, 0) is 31.4 Å². The Bertz CT molecular complexity index is 580. The SMILES string of the molecule is CSCCC(C)NC(=O)c1sc2ccccc2c1N. The highest BCUT2D eigenvalue weighted by Crippen LogP contribution is 2.33. The third kappa shape index (κ3) is 3.22. The number of nitrogen functional groups attached to an aromatic ring is 1. The lowest BCUT2D eigenvalue weighted by Crippen LogP contribution is -2.32. The van der Waals surface area contributed by atoms with Crippen LogP contribution in [-0.4, -0.2) is 24.0 Å². The van der Waals surface area contributed by atoms with Gasteiger partial charge in [-0.15, -0.1) is 11.3 Å². The number of carbonyl (C=O) groups excluding carboxylic acids is 1. The summed E-state index contributed by atoms with van der Waals surface area (Å²) in [6.45, 7) is 2.03. The van der Waals surface area contributed by atoms with Crippen LogP contribution in [0, 0.1) is 0 Å². The maximum Gasteiger partial charge on any atom is 0.263 e. The van der Waals surface area contributed by atoms with Crippen molar-refractivity contribution in [3.8, 4) is 0 Å². The zero-order chi connectivity index (χ0) is 13.8. The number of fused-ring (bicyclic) bond motifs is 1. The van der Waals surface area contributed by atoms with E-state index >= 15 is 0 Å². The van der Waals surface area contributed by atoms with Crippen LogP contribution in [0.2, 0.25) is 0 Å². The summed E-state index contributed by atoms with van der Waals surface area (Å²) in [5, 5.41) is 3.98. The second-order valence-electron chi connectivity index (χ2n) is 4.50. The number of hydrogen-bond acceptors (Lipinski definition) is 4. The Morgan fingerprint density at radius 3 is 2.89 bits per heavy atom. The maximum absolute atomic E-state index is 12.2. The molecule has 0 aliphatic rings. The molecule has 19 heavy (non-hydrogen) atoms. The van der Waals surface area contributed by atoms with Gasteiger partial charge in [-0.1, -0.05) is 18.2 Å². The lowest BCUT2D eigenvalue weighted by Gasteiger charge is -2.12. The highest BCUT2D eigenvalue weighted by molar-refractivity contribution is 7.98. The average Bonchev–Trinajstić information content (AvgIpc) is 2.74. The Balaban J connectivity index is 2.15. The van der Waals surface area contributed by atoms with E-state index in [9.17, 15) is 4.79 Å². The van der Waals surface area contributed by atoms with Crippen LogP contribution in [0.3, 0.4) is 0 Å². The third-order valence-electron chi connectivity index (χ3n) is 2.97. The van der Waals surface area contributed by atoms with Gasteiger partial charge < -0.3 is 11.1 Å². The molecule has 1 atom stereocenters. The first kappa shape index (κ1) is 14.2. The quantitative estimate of drug-likeness (QED) is 0.889. The Hall–Kier alpha value is -1.20. The summed E-state index contributed by atoms with van der Waals surface area (Å²) in [5.41, 5.74) is 6.65. The Morgan fingerprint density at radius 1 is 1.47 bits per heavy atom. The van der Waals surface area contributed by atoms with Gasteiger partial charge in [-0.25, -0.2) is 0 Å². The molecule has 3 nitrogen and oxygen atoms in total. The van der Waals surface area contributed by atoms with Gasteiger partial charge in [0.2, 0.25) is 0 Å². The van der Waals surface area contributed by atoms with Crippen LogP contribution in [0.1, 0.15) is 23.0 Å². The van der Waals surface area contributed by atoms with Crippen LogP contribution < -0.4 is 11.1 Å². The molecule has 3 N–H and O–H groups in total. The molecule has 0 saturated heterocycles. The van der Waals surface area contributed by atoms with Crippen LogP contribution in [-0.2, 0) is 0 Å². The molecule has 1 unspecified atom stereocenters. The fourth-order valence-corrected chi connectivity index (χ4v) is 3.51. The number of nitrogens with two attached hydrogens (primary N) is 1. The van der Waals surface area contributed by atoms with Gasteiger partial charge in [0.05, 0.1) is 5.69 Å². The largest absolute Gasteiger partial charge is 0.397 e. The topological polar surface area (TPSA) is 55.1 Å². The summed E-state index contributed by atoms with van der Waals surface area (Å²) in [5.74, 6) is 0.982.